The number of alkyl halides is 3. The van der Waals surface area contributed by atoms with E-state index in [0.717, 1.165) is 24.2 Å². The zero-order valence-corrected chi connectivity index (χ0v) is 11.6. The first-order valence-corrected chi connectivity index (χ1v) is 6.77. The number of rotatable bonds is 4. The Morgan fingerprint density at radius 2 is 1.91 bits per heavy atom. The van der Waals surface area contributed by atoms with Crippen molar-refractivity contribution in [2.45, 2.75) is 19.0 Å². The van der Waals surface area contributed by atoms with E-state index in [1.54, 1.807) is 23.5 Å². The van der Waals surface area contributed by atoms with E-state index in [9.17, 15) is 22.8 Å². The molecule has 0 saturated carbocycles. The van der Waals surface area contributed by atoms with Gasteiger partial charge >= 0.3 is 12.1 Å². The molecule has 1 aromatic rings. The number of aryl methyl sites for hydroxylation is 1. The average molecular weight is 316 g/mol. The number of halogens is 3. The Balaban J connectivity index is 1.82. The fraction of sp³-hybridized carbons (Fsp3) is 0.429. The van der Waals surface area contributed by atoms with E-state index < -0.39 is 18.0 Å². The van der Waals surface area contributed by atoms with Crippen LogP contribution in [0.1, 0.15) is 22.3 Å². The Hall–Kier alpha value is -2.25. The van der Waals surface area contributed by atoms with Gasteiger partial charge in [0.1, 0.15) is 5.75 Å². The average Bonchev–Trinajstić information content (AvgIpc) is 2.49. The van der Waals surface area contributed by atoms with Crippen molar-refractivity contribution in [2.24, 2.45) is 0 Å². The van der Waals surface area contributed by atoms with Crippen LogP contribution in [-0.4, -0.2) is 37.7 Å². The molecule has 0 fully saturated rings. The highest BCUT2D eigenvalue weighted by molar-refractivity contribution is 5.94. The second-order valence-electron chi connectivity index (χ2n) is 4.78. The Labute approximate surface area is 124 Å². The first-order chi connectivity index (χ1) is 10.4. The Morgan fingerprint density at radius 3 is 2.64 bits per heavy atom. The monoisotopic (exact) mass is 316 g/mol. The lowest BCUT2D eigenvalue weighted by Gasteiger charge is -2.17. The predicted octanol–water partition coefficient (Wildman–Crippen LogP) is 1.42. The quantitative estimate of drug-likeness (QED) is 0.826. The van der Waals surface area contributed by atoms with Gasteiger partial charge in [0.2, 0.25) is 0 Å². The maximum atomic E-state index is 11.9. The minimum atomic E-state index is -4.91. The van der Waals surface area contributed by atoms with E-state index in [0.29, 0.717) is 12.2 Å². The van der Waals surface area contributed by atoms with Crippen LogP contribution in [0.4, 0.5) is 13.2 Å². The summed E-state index contributed by atoms with van der Waals surface area (Å²) in [5, 5.41) is 4.13. The van der Waals surface area contributed by atoms with Crippen LogP contribution in [0.2, 0.25) is 0 Å². The smallest absolute Gasteiger partial charge is 0.471 e. The number of benzene rings is 1. The summed E-state index contributed by atoms with van der Waals surface area (Å²) in [5.74, 6) is -1.68. The summed E-state index contributed by atoms with van der Waals surface area (Å²) in [6, 6.07) is 5.00. The van der Waals surface area contributed by atoms with Gasteiger partial charge in [0.05, 0.1) is 6.61 Å². The van der Waals surface area contributed by atoms with Gasteiger partial charge in [0.25, 0.3) is 5.91 Å². The van der Waals surface area contributed by atoms with Gasteiger partial charge in [-0.25, -0.2) is 0 Å². The van der Waals surface area contributed by atoms with Gasteiger partial charge in [-0.05, 0) is 36.6 Å². The molecule has 22 heavy (non-hydrogen) atoms. The molecular formula is C14H15F3N2O3. The molecule has 2 N–H and O–H groups in total. The van der Waals surface area contributed by atoms with Crippen LogP contribution in [0.3, 0.4) is 0 Å². The Kier molecular flexibility index (Phi) is 4.89. The lowest BCUT2D eigenvalue weighted by atomic mass is 10.0. The molecule has 0 aliphatic carbocycles. The topological polar surface area (TPSA) is 67.4 Å². The summed E-state index contributed by atoms with van der Waals surface area (Å²) in [7, 11) is 0. The maximum Gasteiger partial charge on any atom is 0.471 e. The van der Waals surface area contributed by atoms with E-state index in [1.165, 1.54) is 0 Å². The first kappa shape index (κ1) is 16.1. The molecule has 1 aromatic carbocycles. The largest absolute Gasteiger partial charge is 0.493 e. The minimum absolute atomic E-state index is 0.0890. The molecule has 1 aliphatic rings. The molecule has 0 spiro atoms. The van der Waals surface area contributed by atoms with Crippen molar-refractivity contribution in [2.75, 3.05) is 19.7 Å². The number of fused-ring (bicyclic) bond motifs is 1. The van der Waals surface area contributed by atoms with E-state index in [2.05, 4.69) is 5.32 Å². The minimum Gasteiger partial charge on any atom is -0.493 e. The standard InChI is InChI=1S/C14H15F3N2O3/c15-14(16,17)13(21)19-6-5-18-12(20)10-3-4-11-9(8-10)2-1-7-22-11/h3-4,8H,1-2,5-7H2,(H,18,20)(H,19,21). The fourth-order valence-electron chi connectivity index (χ4n) is 2.06. The molecule has 5 nitrogen and oxygen atoms in total. The summed E-state index contributed by atoms with van der Waals surface area (Å²) in [6.07, 6.45) is -3.22. The summed E-state index contributed by atoms with van der Waals surface area (Å²) in [5.41, 5.74) is 1.34. The first-order valence-electron chi connectivity index (χ1n) is 6.77. The molecule has 2 rings (SSSR count). The molecule has 0 aromatic heterocycles. The highest BCUT2D eigenvalue weighted by Crippen LogP contribution is 2.25. The van der Waals surface area contributed by atoms with Crippen molar-refractivity contribution in [1.29, 1.82) is 0 Å². The van der Waals surface area contributed by atoms with Crippen LogP contribution in [0.15, 0.2) is 18.2 Å². The molecule has 0 radical (unpaired) electrons. The van der Waals surface area contributed by atoms with Gasteiger partial charge in [-0.2, -0.15) is 13.2 Å². The zero-order valence-electron chi connectivity index (χ0n) is 11.6. The lowest BCUT2D eigenvalue weighted by Crippen LogP contribution is -2.41. The fourth-order valence-corrected chi connectivity index (χ4v) is 2.06. The molecule has 8 heteroatoms. The van der Waals surface area contributed by atoms with Crippen LogP contribution in [0.25, 0.3) is 0 Å². The highest BCUT2D eigenvalue weighted by atomic mass is 19.4. The van der Waals surface area contributed by atoms with Crippen LogP contribution < -0.4 is 15.4 Å². The third kappa shape index (κ3) is 4.12. The van der Waals surface area contributed by atoms with E-state index in [4.69, 9.17) is 4.74 Å². The molecule has 0 bridgehead atoms. The summed E-state index contributed by atoms with van der Waals surface area (Å²) in [6.45, 7) is 0.268. The van der Waals surface area contributed by atoms with Crippen LogP contribution in [-0.2, 0) is 11.2 Å². The Bertz CT molecular complexity index is 573. The molecule has 0 unspecified atom stereocenters. The number of carbonyl (C=O) groups excluding carboxylic acids is 2. The normalized spacial score (nSPS) is 13.8. The second kappa shape index (κ2) is 6.67. The van der Waals surface area contributed by atoms with Crippen molar-refractivity contribution in [1.82, 2.24) is 10.6 Å². The van der Waals surface area contributed by atoms with Crippen molar-refractivity contribution in [3.05, 3.63) is 29.3 Å². The molecule has 0 saturated heterocycles. The van der Waals surface area contributed by atoms with Crippen molar-refractivity contribution in [3.63, 3.8) is 0 Å². The van der Waals surface area contributed by atoms with Gasteiger partial charge in [0, 0.05) is 18.7 Å². The van der Waals surface area contributed by atoms with E-state index in [-0.39, 0.29) is 13.1 Å². The molecule has 2 amide bonds. The molecule has 1 aliphatic heterocycles. The Morgan fingerprint density at radius 1 is 1.18 bits per heavy atom. The molecule has 120 valence electrons. The van der Waals surface area contributed by atoms with Crippen LogP contribution in [0.5, 0.6) is 5.75 Å². The summed E-state index contributed by atoms with van der Waals surface area (Å²) >= 11 is 0. The number of nitrogens with one attached hydrogen (secondary N) is 2. The van der Waals surface area contributed by atoms with Crippen LogP contribution >= 0.6 is 0 Å². The highest BCUT2D eigenvalue weighted by Gasteiger charge is 2.38. The van der Waals surface area contributed by atoms with Gasteiger partial charge in [-0.3, -0.25) is 9.59 Å². The molecule has 0 atom stereocenters. The molecular weight excluding hydrogens is 301 g/mol. The number of amides is 2. The van der Waals surface area contributed by atoms with Crippen molar-refractivity contribution < 1.29 is 27.5 Å². The zero-order chi connectivity index (χ0) is 16.2. The van der Waals surface area contributed by atoms with Gasteiger partial charge in [-0.1, -0.05) is 0 Å². The molecule has 1 heterocycles. The van der Waals surface area contributed by atoms with Gasteiger partial charge in [-0.15, -0.1) is 0 Å². The third-order valence-corrected chi connectivity index (χ3v) is 3.12. The summed E-state index contributed by atoms with van der Waals surface area (Å²) < 4.78 is 41.3. The van der Waals surface area contributed by atoms with Crippen molar-refractivity contribution in [3.8, 4) is 5.75 Å². The predicted molar refractivity (Wildman–Crippen MR) is 71.7 cm³/mol. The maximum absolute atomic E-state index is 11.9. The lowest BCUT2D eigenvalue weighted by molar-refractivity contribution is -0.173. The van der Waals surface area contributed by atoms with Gasteiger partial charge < -0.3 is 15.4 Å². The SMILES string of the molecule is O=C(NCCNC(=O)C(F)(F)F)c1ccc2c(c1)CCCO2. The third-order valence-electron chi connectivity index (χ3n) is 3.12. The number of carbonyl (C=O) groups is 2. The van der Waals surface area contributed by atoms with Crippen molar-refractivity contribution >= 4 is 11.8 Å². The number of hydrogen-bond donors (Lipinski definition) is 2. The van der Waals surface area contributed by atoms with E-state index in [1.807, 2.05) is 0 Å². The van der Waals surface area contributed by atoms with E-state index >= 15 is 0 Å². The number of ether oxygens (including phenoxy) is 1. The summed E-state index contributed by atoms with van der Waals surface area (Å²) in [4.78, 5) is 22.5. The number of hydrogen-bond acceptors (Lipinski definition) is 3. The second-order valence-corrected chi connectivity index (χ2v) is 4.78. The van der Waals surface area contributed by atoms with Gasteiger partial charge in [0.15, 0.2) is 0 Å². The van der Waals surface area contributed by atoms with Crippen LogP contribution in [0, 0.1) is 0 Å².